The van der Waals surface area contributed by atoms with E-state index in [0.717, 1.165) is 13.0 Å². The summed E-state index contributed by atoms with van der Waals surface area (Å²) in [6, 6.07) is 0.0341. The Balaban J connectivity index is 1.69. The molecule has 2 rings (SSSR count). The first-order valence-corrected chi connectivity index (χ1v) is 8.46. The smallest absolute Gasteiger partial charge is 0.317 e. The van der Waals surface area contributed by atoms with Crippen molar-refractivity contribution in [1.82, 2.24) is 10.2 Å². The molecule has 0 aromatic rings. The summed E-state index contributed by atoms with van der Waals surface area (Å²) >= 11 is 0. The Morgan fingerprint density at radius 3 is 2.86 bits per heavy atom. The number of nitrogens with one attached hydrogen (secondary N) is 1. The molecule has 1 heterocycles. The van der Waals surface area contributed by atoms with Crippen LogP contribution in [0.3, 0.4) is 0 Å². The van der Waals surface area contributed by atoms with Crippen LogP contribution in [0.1, 0.15) is 46.0 Å². The van der Waals surface area contributed by atoms with Gasteiger partial charge in [0.1, 0.15) is 0 Å². The van der Waals surface area contributed by atoms with Crippen LogP contribution in [0.2, 0.25) is 0 Å². The van der Waals surface area contributed by atoms with Crippen LogP contribution in [-0.4, -0.2) is 56.0 Å². The quantitative estimate of drug-likeness (QED) is 0.819. The van der Waals surface area contributed by atoms with Gasteiger partial charge in [0, 0.05) is 26.2 Å². The molecule has 2 fully saturated rings. The number of morpholine rings is 1. The van der Waals surface area contributed by atoms with Gasteiger partial charge in [-0.2, -0.15) is 0 Å². The van der Waals surface area contributed by atoms with Crippen LogP contribution >= 0.6 is 0 Å². The van der Waals surface area contributed by atoms with Gasteiger partial charge in [0.25, 0.3) is 0 Å². The Bertz CT molecular complexity index is 319. The van der Waals surface area contributed by atoms with E-state index in [2.05, 4.69) is 12.2 Å². The van der Waals surface area contributed by atoms with Crippen molar-refractivity contribution in [1.29, 1.82) is 0 Å². The van der Waals surface area contributed by atoms with E-state index in [1.165, 1.54) is 25.7 Å². The monoisotopic (exact) mass is 298 g/mol. The Morgan fingerprint density at radius 1 is 1.43 bits per heavy atom. The lowest BCUT2D eigenvalue weighted by Crippen LogP contribution is -2.49. The molecule has 2 aliphatic rings. The molecule has 0 radical (unpaired) electrons. The van der Waals surface area contributed by atoms with Gasteiger partial charge in [-0.25, -0.2) is 4.79 Å². The highest BCUT2D eigenvalue weighted by atomic mass is 16.5. The molecule has 1 saturated carbocycles. The Morgan fingerprint density at radius 2 is 2.19 bits per heavy atom. The van der Waals surface area contributed by atoms with Gasteiger partial charge in [0.05, 0.1) is 18.8 Å². The van der Waals surface area contributed by atoms with E-state index in [0.29, 0.717) is 38.3 Å². The summed E-state index contributed by atoms with van der Waals surface area (Å²) in [4.78, 5) is 14.0. The lowest BCUT2D eigenvalue weighted by molar-refractivity contribution is -0.00437. The Kier molecular flexibility index (Phi) is 6.77. The Labute approximate surface area is 128 Å². The summed E-state index contributed by atoms with van der Waals surface area (Å²) in [5.74, 6) is 0.685. The van der Waals surface area contributed by atoms with Gasteiger partial charge in [-0.1, -0.05) is 12.8 Å². The maximum Gasteiger partial charge on any atom is 0.317 e. The zero-order valence-electron chi connectivity index (χ0n) is 13.5. The van der Waals surface area contributed by atoms with Crippen LogP contribution in [0.5, 0.6) is 0 Å². The molecule has 0 spiro atoms. The van der Waals surface area contributed by atoms with Crippen molar-refractivity contribution in [3.8, 4) is 0 Å². The molecule has 0 bridgehead atoms. The molecular weight excluding hydrogens is 268 g/mol. The zero-order valence-corrected chi connectivity index (χ0v) is 13.5. The van der Waals surface area contributed by atoms with E-state index in [1.807, 2.05) is 11.8 Å². The van der Waals surface area contributed by atoms with E-state index in [4.69, 9.17) is 9.47 Å². The summed E-state index contributed by atoms with van der Waals surface area (Å²) in [6.45, 7) is 7.53. The van der Waals surface area contributed by atoms with E-state index in [1.54, 1.807) is 0 Å². The van der Waals surface area contributed by atoms with Gasteiger partial charge >= 0.3 is 6.03 Å². The van der Waals surface area contributed by atoms with E-state index in [9.17, 15) is 4.79 Å². The van der Waals surface area contributed by atoms with E-state index >= 15 is 0 Å². The van der Waals surface area contributed by atoms with Gasteiger partial charge in [-0.15, -0.1) is 0 Å². The molecule has 2 amide bonds. The molecule has 0 unspecified atom stereocenters. The standard InChI is InChI=1S/C16H30N2O3/c1-3-20-15(14-6-4-5-7-14)8-9-17-16(19)18-10-11-21-13(2)12-18/h13-15H,3-12H2,1-2H3,(H,17,19)/t13-,15+/m0/s1. The zero-order chi connectivity index (χ0) is 15.1. The van der Waals surface area contributed by atoms with Crippen molar-refractivity contribution in [2.75, 3.05) is 32.8 Å². The lowest BCUT2D eigenvalue weighted by atomic mass is 9.98. The summed E-state index contributed by atoms with van der Waals surface area (Å²) in [5, 5.41) is 3.04. The van der Waals surface area contributed by atoms with Crippen LogP contribution < -0.4 is 5.32 Å². The third-order valence-corrected chi connectivity index (χ3v) is 4.54. The van der Waals surface area contributed by atoms with Crippen LogP contribution in [0.15, 0.2) is 0 Å². The highest BCUT2D eigenvalue weighted by molar-refractivity contribution is 5.74. The van der Waals surface area contributed by atoms with Crippen molar-refractivity contribution < 1.29 is 14.3 Å². The number of carbonyl (C=O) groups is 1. The number of nitrogens with zero attached hydrogens (tertiary/aromatic N) is 1. The second-order valence-corrected chi connectivity index (χ2v) is 6.19. The maximum atomic E-state index is 12.1. The first kappa shape index (κ1) is 16.6. The molecule has 2 atom stereocenters. The average Bonchev–Trinajstić information content (AvgIpc) is 3.00. The van der Waals surface area contributed by atoms with E-state index in [-0.39, 0.29) is 12.1 Å². The average molecular weight is 298 g/mol. The van der Waals surface area contributed by atoms with Crippen LogP contribution in [0, 0.1) is 5.92 Å². The summed E-state index contributed by atoms with van der Waals surface area (Å²) < 4.78 is 11.3. The normalized spacial score (nSPS) is 25.0. The number of carbonyl (C=O) groups excluding carboxylic acids is 1. The van der Waals surface area contributed by atoms with Gasteiger partial charge in [-0.3, -0.25) is 0 Å². The van der Waals surface area contributed by atoms with Gasteiger partial charge in [-0.05, 0) is 39.0 Å². The van der Waals surface area contributed by atoms with Crippen molar-refractivity contribution in [2.45, 2.75) is 58.2 Å². The molecule has 0 aromatic heterocycles. The summed E-state index contributed by atoms with van der Waals surface area (Å²) in [5.41, 5.74) is 0. The largest absolute Gasteiger partial charge is 0.378 e. The minimum Gasteiger partial charge on any atom is -0.378 e. The summed E-state index contributed by atoms with van der Waals surface area (Å²) in [6.07, 6.45) is 6.57. The van der Waals surface area contributed by atoms with Gasteiger partial charge in [0.2, 0.25) is 0 Å². The van der Waals surface area contributed by atoms with Crippen LogP contribution in [0.25, 0.3) is 0 Å². The SMILES string of the molecule is CCO[C@H](CCNC(=O)N1CCO[C@@H](C)C1)C1CCCC1. The lowest BCUT2D eigenvalue weighted by Gasteiger charge is -2.31. The number of amides is 2. The Hall–Kier alpha value is -0.810. The van der Waals surface area contributed by atoms with Gasteiger partial charge in [0.15, 0.2) is 0 Å². The third kappa shape index (κ3) is 5.15. The van der Waals surface area contributed by atoms with Crippen molar-refractivity contribution in [3.05, 3.63) is 0 Å². The highest BCUT2D eigenvalue weighted by Gasteiger charge is 2.26. The number of rotatable bonds is 6. The highest BCUT2D eigenvalue weighted by Crippen LogP contribution is 2.30. The fourth-order valence-electron chi connectivity index (χ4n) is 3.43. The first-order chi connectivity index (χ1) is 10.2. The number of hydrogen-bond acceptors (Lipinski definition) is 3. The second kappa shape index (κ2) is 8.59. The maximum absolute atomic E-state index is 12.1. The fourth-order valence-corrected chi connectivity index (χ4v) is 3.43. The molecule has 21 heavy (non-hydrogen) atoms. The second-order valence-electron chi connectivity index (χ2n) is 6.19. The molecule has 1 aliphatic heterocycles. The first-order valence-electron chi connectivity index (χ1n) is 8.46. The summed E-state index contributed by atoms with van der Waals surface area (Å²) in [7, 11) is 0. The number of urea groups is 1. The van der Waals surface area contributed by atoms with Crippen molar-refractivity contribution in [2.24, 2.45) is 5.92 Å². The predicted octanol–water partition coefficient (Wildman–Crippen LogP) is 2.40. The van der Waals surface area contributed by atoms with Crippen LogP contribution in [0.4, 0.5) is 4.79 Å². The molecule has 1 N–H and O–H groups in total. The number of hydrogen-bond donors (Lipinski definition) is 1. The third-order valence-electron chi connectivity index (χ3n) is 4.54. The molecule has 122 valence electrons. The molecule has 5 nitrogen and oxygen atoms in total. The predicted molar refractivity (Wildman–Crippen MR) is 82.4 cm³/mol. The molecule has 1 saturated heterocycles. The van der Waals surface area contributed by atoms with Crippen molar-refractivity contribution >= 4 is 6.03 Å². The fraction of sp³-hybridized carbons (Fsp3) is 0.938. The molecule has 5 heteroatoms. The topological polar surface area (TPSA) is 50.8 Å². The van der Waals surface area contributed by atoms with E-state index < -0.39 is 0 Å². The van der Waals surface area contributed by atoms with Crippen molar-refractivity contribution in [3.63, 3.8) is 0 Å². The van der Waals surface area contributed by atoms with Crippen LogP contribution in [-0.2, 0) is 9.47 Å². The van der Waals surface area contributed by atoms with Gasteiger partial charge < -0.3 is 19.7 Å². The minimum absolute atomic E-state index is 0.0341. The molecule has 1 aliphatic carbocycles. The number of ether oxygens (including phenoxy) is 2. The molecule has 0 aromatic carbocycles. The molecular formula is C16H30N2O3. The minimum atomic E-state index is 0.0341.